The summed E-state index contributed by atoms with van der Waals surface area (Å²) in [6.07, 6.45) is 0. The summed E-state index contributed by atoms with van der Waals surface area (Å²) in [5.74, 6) is 0.516. The molecule has 26 heavy (non-hydrogen) atoms. The minimum atomic E-state index is -3.72. The highest BCUT2D eigenvalue weighted by Gasteiger charge is 2.28. The van der Waals surface area contributed by atoms with Crippen LogP contribution in [0, 0.1) is 20.8 Å². The van der Waals surface area contributed by atoms with Crippen LogP contribution < -0.4 is 10.1 Å². The molecule has 0 fully saturated rings. The van der Waals surface area contributed by atoms with Gasteiger partial charge in [-0.2, -0.15) is 4.31 Å². The van der Waals surface area contributed by atoms with Crippen molar-refractivity contribution in [1.82, 2.24) is 14.8 Å². The van der Waals surface area contributed by atoms with Crippen LogP contribution in [-0.4, -0.2) is 50.5 Å². The van der Waals surface area contributed by atoms with Gasteiger partial charge < -0.3 is 14.6 Å². The topological polar surface area (TPSA) is 102 Å². The zero-order valence-electron chi connectivity index (χ0n) is 15.3. The predicted octanol–water partition coefficient (Wildman–Crippen LogP) is 1.42. The van der Waals surface area contributed by atoms with Crippen molar-refractivity contribution >= 4 is 15.9 Å². The molecule has 1 aromatic heterocycles. The Labute approximate surface area is 153 Å². The number of amides is 1. The number of nitrogens with zero attached hydrogens (tertiary/aromatic N) is 2. The second kappa shape index (κ2) is 8.33. The molecule has 0 aliphatic rings. The first-order chi connectivity index (χ1) is 12.2. The molecule has 0 aliphatic heterocycles. The Balaban J connectivity index is 1.81. The quantitative estimate of drug-likeness (QED) is 0.742. The van der Waals surface area contributed by atoms with Gasteiger partial charge in [0.05, 0.1) is 0 Å². The molecule has 142 valence electrons. The average molecular weight is 381 g/mol. The van der Waals surface area contributed by atoms with Gasteiger partial charge in [-0.15, -0.1) is 0 Å². The van der Waals surface area contributed by atoms with Crippen molar-refractivity contribution in [2.45, 2.75) is 25.7 Å². The highest BCUT2D eigenvalue weighted by molar-refractivity contribution is 7.89. The first kappa shape index (κ1) is 19.9. The van der Waals surface area contributed by atoms with E-state index in [1.807, 2.05) is 19.1 Å². The standard InChI is InChI=1S/C17H23N3O5S/c1-12-5-7-15(8-6-12)24-11-16(21)18-9-10-20(4)26(22,23)17-13(2)19-25-14(17)3/h5-8H,9-11H2,1-4H3,(H,18,21). The van der Waals surface area contributed by atoms with Gasteiger partial charge >= 0.3 is 0 Å². The zero-order chi connectivity index (χ0) is 19.3. The van der Waals surface area contributed by atoms with Crippen molar-refractivity contribution in [3.05, 3.63) is 41.3 Å². The lowest BCUT2D eigenvalue weighted by Crippen LogP contribution is -2.38. The predicted molar refractivity (Wildman–Crippen MR) is 95.5 cm³/mol. The molecule has 1 N–H and O–H groups in total. The van der Waals surface area contributed by atoms with E-state index in [1.165, 1.54) is 7.05 Å². The summed E-state index contributed by atoms with van der Waals surface area (Å²) >= 11 is 0. The van der Waals surface area contributed by atoms with E-state index >= 15 is 0 Å². The number of sulfonamides is 1. The molecule has 0 radical (unpaired) electrons. The molecule has 1 heterocycles. The van der Waals surface area contributed by atoms with Gasteiger partial charge in [-0.3, -0.25) is 4.79 Å². The third-order valence-corrected chi connectivity index (χ3v) is 5.88. The molecule has 0 atom stereocenters. The summed E-state index contributed by atoms with van der Waals surface area (Å²) in [6.45, 7) is 5.22. The number of ether oxygens (including phenoxy) is 1. The normalized spacial score (nSPS) is 11.6. The van der Waals surface area contributed by atoms with Crippen LogP contribution in [0.25, 0.3) is 0 Å². The van der Waals surface area contributed by atoms with Gasteiger partial charge in [-0.05, 0) is 32.9 Å². The van der Waals surface area contributed by atoms with Crippen LogP contribution in [0.1, 0.15) is 17.0 Å². The van der Waals surface area contributed by atoms with Crippen molar-refractivity contribution in [2.75, 3.05) is 26.7 Å². The smallest absolute Gasteiger partial charge is 0.257 e. The van der Waals surface area contributed by atoms with Gasteiger partial charge in [0.15, 0.2) is 12.4 Å². The molecule has 9 heteroatoms. The first-order valence-electron chi connectivity index (χ1n) is 8.07. The van der Waals surface area contributed by atoms with Gasteiger partial charge in [0.1, 0.15) is 16.3 Å². The molecule has 0 bridgehead atoms. The van der Waals surface area contributed by atoms with E-state index in [2.05, 4.69) is 10.5 Å². The van der Waals surface area contributed by atoms with Gasteiger partial charge in [0.2, 0.25) is 10.0 Å². The second-order valence-corrected chi connectivity index (χ2v) is 7.91. The van der Waals surface area contributed by atoms with Crippen molar-refractivity contribution in [3.63, 3.8) is 0 Å². The Kier molecular flexibility index (Phi) is 6.38. The molecule has 0 saturated heterocycles. The number of rotatable bonds is 8. The summed E-state index contributed by atoms with van der Waals surface area (Å²) in [5, 5.41) is 6.30. The maximum Gasteiger partial charge on any atom is 0.257 e. The lowest BCUT2D eigenvalue weighted by molar-refractivity contribution is -0.123. The maximum atomic E-state index is 12.5. The number of carbonyl (C=O) groups excluding carboxylic acids is 1. The lowest BCUT2D eigenvalue weighted by atomic mass is 10.2. The molecule has 0 spiro atoms. The Hall–Kier alpha value is -2.39. The number of aryl methyl sites for hydroxylation is 3. The maximum absolute atomic E-state index is 12.5. The largest absolute Gasteiger partial charge is 0.484 e. The van der Waals surface area contributed by atoms with Crippen molar-refractivity contribution in [2.24, 2.45) is 0 Å². The lowest BCUT2D eigenvalue weighted by Gasteiger charge is -2.17. The molecule has 1 aromatic carbocycles. The van der Waals surface area contributed by atoms with Crippen LogP contribution in [0.5, 0.6) is 5.75 Å². The monoisotopic (exact) mass is 381 g/mol. The van der Waals surface area contributed by atoms with E-state index in [-0.39, 0.29) is 36.3 Å². The number of likely N-dealkylation sites (N-methyl/N-ethyl adjacent to an activating group) is 1. The minimum absolute atomic E-state index is 0.0639. The molecule has 2 rings (SSSR count). The van der Waals surface area contributed by atoms with Crippen molar-refractivity contribution < 1.29 is 22.5 Å². The van der Waals surface area contributed by atoms with Gasteiger partial charge in [0.25, 0.3) is 5.91 Å². The molecule has 0 unspecified atom stereocenters. The number of benzene rings is 1. The molecule has 2 aromatic rings. The number of aromatic nitrogens is 1. The molecule has 0 saturated carbocycles. The van der Waals surface area contributed by atoms with E-state index in [9.17, 15) is 13.2 Å². The van der Waals surface area contributed by atoms with Crippen LogP contribution in [0.3, 0.4) is 0 Å². The average Bonchev–Trinajstić information content (AvgIpc) is 2.93. The molecular weight excluding hydrogens is 358 g/mol. The van der Waals surface area contributed by atoms with E-state index in [0.717, 1.165) is 9.87 Å². The number of nitrogens with one attached hydrogen (secondary N) is 1. The van der Waals surface area contributed by atoms with E-state index in [1.54, 1.807) is 26.0 Å². The van der Waals surface area contributed by atoms with Crippen LogP contribution in [0.2, 0.25) is 0 Å². The van der Waals surface area contributed by atoms with E-state index in [0.29, 0.717) is 11.4 Å². The summed E-state index contributed by atoms with van der Waals surface area (Å²) in [5.41, 5.74) is 1.41. The molecule has 0 aliphatic carbocycles. The van der Waals surface area contributed by atoms with E-state index in [4.69, 9.17) is 9.26 Å². The first-order valence-corrected chi connectivity index (χ1v) is 9.51. The fourth-order valence-electron chi connectivity index (χ4n) is 2.31. The van der Waals surface area contributed by atoms with Gasteiger partial charge in [-0.25, -0.2) is 8.42 Å². The third kappa shape index (κ3) is 4.83. The summed E-state index contributed by atoms with van der Waals surface area (Å²) in [7, 11) is -2.28. The third-order valence-electron chi connectivity index (χ3n) is 3.78. The number of hydrogen-bond acceptors (Lipinski definition) is 6. The highest BCUT2D eigenvalue weighted by Crippen LogP contribution is 2.21. The zero-order valence-corrected chi connectivity index (χ0v) is 16.1. The van der Waals surface area contributed by atoms with Crippen LogP contribution in [0.4, 0.5) is 0 Å². The summed E-state index contributed by atoms with van der Waals surface area (Å²) < 4.78 is 36.5. The molecular formula is C17H23N3O5S. The van der Waals surface area contributed by atoms with Gasteiger partial charge in [-0.1, -0.05) is 22.9 Å². The summed E-state index contributed by atoms with van der Waals surface area (Å²) in [4.78, 5) is 11.9. The SMILES string of the molecule is Cc1ccc(OCC(=O)NCCN(C)S(=O)(=O)c2c(C)noc2C)cc1. The number of hydrogen-bond donors (Lipinski definition) is 1. The number of carbonyl (C=O) groups is 1. The molecule has 8 nitrogen and oxygen atoms in total. The van der Waals surface area contributed by atoms with Crippen molar-refractivity contribution in [1.29, 1.82) is 0 Å². The second-order valence-electron chi connectivity index (χ2n) is 5.93. The minimum Gasteiger partial charge on any atom is -0.484 e. The Morgan fingerprint density at radius 2 is 1.88 bits per heavy atom. The summed E-state index contributed by atoms with van der Waals surface area (Å²) in [6, 6.07) is 7.35. The van der Waals surface area contributed by atoms with Crippen LogP contribution in [-0.2, 0) is 14.8 Å². The molecule has 1 amide bonds. The Morgan fingerprint density at radius 1 is 1.23 bits per heavy atom. The fraction of sp³-hybridized carbons (Fsp3) is 0.412. The van der Waals surface area contributed by atoms with Crippen LogP contribution >= 0.6 is 0 Å². The van der Waals surface area contributed by atoms with E-state index < -0.39 is 10.0 Å². The Morgan fingerprint density at radius 3 is 2.46 bits per heavy atom. The van der Waals surface area contributed by atoms with Crippen molar-refractivity contribution in [3.8, 4) is 5.75 Å². The highest BCUT2D eigenvalue weighted by atomic mass is 32.2. The van der Waals surface area contributed by atoms with Gasteiger partial charge in [0, 0.05) is 20.1 Å². The Bertz CT molecular complexity index is 840. The van der Waals surface area contributed by atoms with Crippen LogP contribution in [0.15, 0.2) is 33.7 Å². The fourth-order valence-corrected chi connectivity index (χ4v) is 3.76.